The molecule has 0 radical (unpaired) electrons. The van der Waals surface area contributed by atoms with Gasteiger partial charge in [-0.05, 0) is 42.5 Å². The highest BCUT2D eigenvalue weighted by Gasteiger charge is 2.30. The number of alkyl halides is 3. The number of nitrogens with zero attached hydrogens (tertiary/aromatic N) is 3. The van der Waals surface area contributed by atoms with Crippen molar-refractivity contribution in [2.45, 2.75) is 6.18 Å². The Labute approximate surface area is 153 Å². The standard InChI is InChI=1S/C18H16F3N5O/c1-26(2)16-8-3-11-9-13(5-6-14(11)24-16)23-17(27)25-15-7-4-12(10-22-15)18(19,20)21/h3-10H,1-2H3,(H2,22,23,25,27). The summed E-state index contributed by atoms with van der Waals surface area (Å²) in [5.41, 5.74) is 0.412. The van der Waals surface area contributed by atoms with Crippen LogP contribution in [0.3, 0.4) is 0 Å². The second-order valence-electron chi connectivity index (χ2n) is 5.98. The maximum Gasteiger partial charge on any atom is 0.417 e. The molecule has 6 nitrogen and oxygen atoms in total. The Morgan fingerprint density at radius 3 is 2.44 bits per heavy atom. The van der Waals surface area contributed by atoms with E-state index in [1.165, 1.54) is 0 Å². The summed E-state index contributed by atoms with van der Waals surface area (Å²) in [6.07, 6.45) is -3.81. The lowest BCUT2D eigenvalue weighted by Gasteiger charge is -2.12. The Balaban J connectivity index is 1.69. The summed E-state index contributed by atoms with van der Waals surface area (Å²) in [6.45, 7) is 0. The molecule has 0 atom stereocenters. The highest BCUT2D eigenvalue weighted by molar-refractivity contribution is 6.00. The lowest BCUT2D eigenvalue weighted by molar-refractivity contribution is -0.137. The maximum absolute atomic E-state index is 12.5. The number of nitrogens with one attached hydrogen (secondary N) is 2. The monoisotopic (exact) mass is 375 g/mol. The minimum absolute atomic E-state index is 0.0126. The smallest absolute Gasteiger partial charge is 0.363 e. The van der Waals surface area contributed by atoms with Gasteiger partial charge in [0.2, 0.25) is 0 Å². The summed E-state index contributed by atoms with van der Waals surface area (Å²) in [4.78, 5) is 22.0. The second-order valence-corrected chi connectivity index (χ2v) is 5.98. The van der Waals surface area contributed by atoms with Crippen molar-refractivity contribution in [3.05, 3.63) is 54.2 Å². The minimum atomic E-state index is -4.47. The molecule has 0 aliphatic heterocycles. The average molecular weight is 375 g/mol. The molecule has 0 saturated heterocycles. The molecule has 3 aromatic rings. The van der Waals surface area contributed by atoms with Gasteiger partial charge >= 0.3 is 12.2 Å². The first-order chi connectivity index (χ1) is 12.7. The van der Waals surface area contributed by atoms with Crippen molar-refractivity contribution in [3.8, 4) is 0 Å². The van der Waals surface area contributed by atoms with Crippen LogP contribution in [0.25, 0.3) is 10.9 Å². The van der Waals surface area contributed by atoms with E-state index in [0.717, 1.165) is 28.9 Å². The number of urea groups is 1. The molecule has 0 aliphatic rings. The first-order valence-electron chi connectivity index (χ1n) is 7.92. The number of halogens is 3. The molecule has 0 aliphatic carbocycles. The molecule has 140 valence electrons. The van der Waals surface area contributed by atoms with Gasteiger partial charge in [0.1, 0.15) is 11.6 Å². The van der Waals surface area contributed by atoms with E-state index in [2.05, 4.69) is 20.6 Å². The minimum Gasteiger partial charge on any atom is -0.363 e. The Morgan fingerprint density at radius 1 is 1.04 bits per heavy atom. The summed E-state index contributed by atoms with van der Waals surface area (Å²) in [6, 6.07) is 10.3. The van der Waals surface area contributed by atoms with Crippen LogP contribution in [0.15, 0.2) is 48.7 Å². The van der Waals surface area contributed by atoms with Crippen molar-refractivity contribution in [1.82, 2.24) is 9.97 Å². The number of rotatable bonds is 3. The largest absolute Gasteiger partial charge is 0.417 e. The molecule has 9 heteroatoms. The number of carbonyl (C=O) groups excluding carboxylic acids is 1. The Morgan fingerprint density at radius 2 is 1.81 bits per heavy atom. The van der Waals surface area contributed by atoms with Gasteiger partial charge in [-0.15, -0.1) is 0 Å². The number of pyridine rings is 2. The van der Waals surface area contributed by atoms with E-state index >= 15 is 0 Å². The molecule has 3 rings (SSSR count). The number of fused-ring (bicyclic) bond motifs is 1. The number of aromatic nitrogens is 2. The molecule has 0 saturated carbocycles. The van der Waals surface area contributed by atoms with Crippen molar-refractivity contribution >= 4 is 34.3 Å². The predicted molar refractivity (Wildman–Crippen MR) is 98.0 cm³/mol. The van der Waals surface area contributed by atoms with Crippen LogP contribution in [0.4, 0.5) is 35.3 Å². The van der Waals surface area contributed by atoms with Gasteiger partial charge in [-0.2, -0.15) is 13.2 Å². The fraction of sp³-hybridized carbons (Fsp3) is 0.167. The van der Waals surface area contributed by atoms with Crippen LogP contribution in [0, 0.1) is 0 Å². The van der Waals surface area contributed by atoms with Crippen molar-refractivity contribution in [1.29, 1.82) is 0 Å². The predicted octanol–water partition coefficient (Wildman–Crippen LogP) is 4.36. The van der Waals surface area contributed by atoms with E-state index in [1.54, 1.807) is 18.2 Å². The highest BCUT2D eigenvalue weighted by Crippen LogP contribution is 2.29. The van der Waals surface area contributed by atoms with E-state index in [9.17, 15) is 18.0 Å². The summed E-state index contributed by atoms with van der Waals surface area (Å²) >= 11 is 0. The molecule has 0 bridgehead atoms. The normalized spacial score (nSPS) is 11.3. The molecule has 2 amide bonds. The van der Waals surface area contributed by atoms with Crippen molar-refractivity contribution in [3.63, 3.8) is 0 Å². The molecular weight excluding hydrogens is 359 g/mol. The zero-order chi connectivity index (χ0) is 19.6. The van der Waals surface area contributed by atoms with Gasteiger partial charge in [0.15, 0.2) is 0 Å². The quantitative estimate of drug-likeness (QED) is 0.714. The molecule has 2 heterocycles. The van der Waals surface area contributed by atoms with E-state index in [4.69, 9.17) is 0 Å². The molecular formula is C18H16F3N5O. The Bertz CT molecular complexity index is 971. The van der Waals surface area contributed by atoms with Crippen LogP contribution in [-0.4, -0.2) is 30.1 Å². The van der Waals surface area contributed by atoms with Gasteiger partial charge in [-0.1, -0.05) is 0 Å². The van der Waals surface area contributed by atoms with E-state index in [-0.39, 0.29) is 5.82 Å². The highest BCUT2D eigenvalue weighted by atomic mass is 19.4. The fourth-order valence-corrected chi connectivity index (χ4v) is 2.36. The first-order valence-corrected chi connectivity index (χ1v) is 7.92. The number of benzene rings is 1. The third-order valence-corrected chi connectivity index (χ3v) is 3.72. The number of hydrogen-bond donors (Lipinski definition) is 2. The van der Waals surface area contributed by atoms with Gasteiger partial charge < -0.3 is 10.2 Å². The number of hydrogen-bond acceptors (Lipinski definition) is 4. The van der Waals surface area contributed by atoms with Gasteiger partial charge in [-0.3, -0.25) is 5.32 Å². The fourth-order valence-electron chi connectivity index (χ4n) is 2.36. The molecule has 2 N–H and O–H groups in total. The molecule has 0 fully saturated rings. The van der Waals surface area contributed by atoms with Gasteiger partial charge in [-0.25, -0.2) is 14.8 Å². The summed E-state index contributed by atoms with van der Waals surface area (Å²) in [5.74, 6) is 0.827. The lowest BCUT2D eigenvalue weighted by atomic mass is 10.2. The SMILES string of the molecule is CN(C)c1ccc2cc(NC(=O)Nc3ccc(C(F)(F)F)cn3)ccc2n1. The molecule has 0 unspecified atom stereocenters. The topological polar surface area (TPSA) is 70.2 Å². The van der Waals surface area contributed by atoms with E-state index in [1.807, 2.05) is 31.1 Å². The van der Waals surface area contributed by atoms with Crippen LogP contribution in [0.2, 0.25) is 0 Å². The van der Waals surface area contributed by atoms with Crippen LogP contribution in [-0.2, 0) is 6.18 Å². The van der Waals surface area contributed by atoms with Crippen LogP contribution >= 0.6 is 0 Å². The van der Waals surface area contributed by atoms with E-state index < -0.39 is 17.8 Å². The zero-order valence-electron chi connectivity index (χ0n) is 14.5. The summed E-state index contributed by atoms with van der Waals surface area (Å²) < 4.78 is 37.6. The first kappa shape index (κ1) is 18.4. The van der Waals surface area contributed by atoms with Gasteiger partial charge in [0.05, 0.1) is 11.1 Å². The van der Waals surface area contributed by atoms with Gasteiger partial charge in [0, 0.05) is 31.4 Å². The van der Waals surface area contributed by atoms with E-state index in [0.29, 0.717) is 11.9 Å². The number of amides is 2. The Hall–Kier alpha value is -3.36. The van der Waals surface area contributed by atoms with Crippen molar-refractivity contribution in [2.75, 3.05) is 29.6 Å². The molecule has 0 spiro atoms. The maximum atomic E-state index is 12.5. The third kappa shape index (κ3) is 4.43. The molecule has 27 heavy (non-hydrogen) atoms. The van der Waals surface area contributed by atoms with Crippen molar-refractivity contribution < 1.29 is 18.0 Å². The molecule has 2 aromatic heterocycles. The van der Waals surface area contributed by atoms with Crippen LogP contribution in [0.1, 0.15) is 5.56 Å². The van der Waals surface area contributed by atoms with Gasteiger partial charge in [0.25, 0.3) is 0 Å². The summed E-state index contributed by atoms with van der Waals surface area (Å²) in [7, 11) is 3.79. The van der Waals surface area contributed by atoms with Crippen LogP contribution in [0.5, 0.6) is 0 Å². The second kappa shape index (κ2) is 7.10. The van der Waals surface area contributed by atoms with Crippen molar-refractivity contribution in [2.24, 2.45) is 0 Å². The zero-order valence-corrected chi connectivity index (χ0v) is 14.5. The average Bonchev–Trinajstić information content (AvgIpc) is 2.60. The number of anilines is 3. The third-order valence-electron chi connectivity index (χ3n) is 3.72. The number of carbonyl (C=O) groups is 1. The van der Waals surface area contributed by atoms with Crippen LogP contribution < -0.4 is 15.5 Å². The molecule has 1 aromatic carbocycles. The Kier molecular flexibility index (Phi) is 4.85. The lowest BCUT2D eigenvalue weighted by Crippen LogP contribution is -2.20. The summed E-state index contributed by atoms with van der Waals surface area (Å²) in [5, 5.41) is 5.84.